The van der Waals surface area contributed by atoms with Crippen LogP contribution >= 0.6 is 11.8 Å². The maximum absolute atomic E-state index is 11.8. The van der Waals surface area contributed by atoms with Crippen molar-refractivity contribution in [3.05, 3.63) is 0 Å². The zero-order chi connectivity index (χ0) is 14.0. The molecule has 0 fully saturated rings. The van der Waals surface area contributed by atoms with Crippen molar-refractivity contribution in [1.29, 1.82) is 0 Å². The number of hydrogen-bond donors (Lipinski definition) is 2. The first-order valence-electron chi connectivity index (χ1n) is 6.27. The summed E-state index contributed by atoms with van der Waals surface area (Å²) in [6.45, 7) is 6.44. The summed E-state index contributed by atoms with van der Waals surface area (Å²) in [6, 6.07) is 0.0882. The fraction of sp³-hybridized carbons (Fsp3) is 0.833. The van der Waals surface area contributed by atoms with Gasteiger partial charge in [-0.3, -0.25) is 9.59 Å². The topological polar surface area (TPSA) is 69.6 Å². The van der Waals surface area contributed by atoms with Crippen LogP contribution in [0.3, 0.4) is 0 Å². The standard InChI is InChI=1S/C12H24N2O3S/c1-4-14(8-11(16)13-10(2)3)12(17)9-18-7-5-6-15/h10,15H,4-9H2,1-3H3,(H,13,16). The lowest BCUT2D eigenvalue weighted by molar-refractivity contribution is -0.134. The Morgan fingerprint density at radius 2 is 2.06 bits per heavy atom. The van der Waals surface area contributed by atoms with Gasteiger partial charge in [0.1, 0.15) is 0 Å². The first-order valence-corrected chi connectivity index (χ1v) is 7.42. The lowest BCUT2D eigenvalue weighted by Crippen LogP contribution is -2.43. The molecule has 0 heterocycles. The summed E-state index contributed by atoms with van der Waals surface area (Å²) >= 11 is 1.49. The molecule has 0 aliphatic rings. The Bertz CT molecular complexity index is 260. The average Bonchev–Trinajstić information content (AvgIpc) is 2.30. The Hall–Kier alpha value is -0.750. The number of hydrogen-bond acceptors (Lipinski definition) is 4. The number of likely N-dealkylation sites (N-methyl/N-ethyl adjacent to an activating group) is 1. The number of thioether (sulfide) groups is 1. The summed E-state index contributed by atoms with van der Waals surface area (Å²) in [6.07, 6.45) is 0.692. The normalized spacial score (nSPS) is 10.5. The second-order valence-electron chi connectivity index (χ2n) is 4.26. The van der Waals surface area contributed by atoms with Crippen LogP contribution in [0.5, 0.6) is 0 Å². The van der Waals surface area contributed by atoms with Gasteiger partial charge >= 0.3 is 0 Å². The monoisotopic (exact) mass is 276 g/mol. The van der Waals surface area contributed by atoms with Crippen molar-refractivity contribution in [2.45, 2.75) is 33.2 Å². The van der Waals surface area contributed by atoms with Gasteiger partial charge in [0, 0.05) is 19.2 Å². The van der Waals surface area contributed by atoms with Crippen LogP contribution in [0.2, 0.25) is 0 Å². The van der Waals surface area contributed by atoms with Crippen molar-refractivity contribution in [3.63, 3.8) is 0 Å². The van der Waals surface area contributed by atoms with Crippen LogP contribution < -0.4 is 5.32 Å². The SMILES string of the molecule is CCN(CC(=O)NC(C)C)C(=O)CSCCCO. The van der Waals surface area contributed by atoms with Gasteiger partial charge in [-0.15, -0.1) is 0 Å². The smallest absolute Gasteiger partial charge is 0.239 e. The number of carbonyl (C=O) groups is 2. The van der Waals surface area contributed by atoms with E-state index in [0.717, 1.165) is 5.75 Å². The fourth-order valence-corrected chi connectivity index (χ4v) is 2.17. The van der Waals surface area contributed by atoms with Crippen LogP contribution in [0.4, 0.5) is 0 Å². The number of nitrogens with one attached hydrogen (secondary N) is 1. The zero-order valence-electron chi connectivity index (χ0n) is 11.4. The molecule has 0 radical (unpaired) electrons. The Morgan fingerprint density at radius 1 is 1.39 bits per heavy atom. The van der Waals surface area contributed by atoms with Gasteiger partial charge in [-0.05, 0) is 32.9 Å². The number of nitrogens with zero attached hydrogens (tertiary/aromatic N) is 1. The summed E-state index contributed by atoms with van der Waals surface area (Å²) in [5, 5.41) is 11.4. The van der Waals surface area contributed by atoms with E-state index in [-0.39, 0.29) is 31.0 Å². The van der Waals surface area contributed by atoms with Gasteiger partial charge in [-0.2, -0.15) is 11.8 Å². The highest BCUT2D eigenvalue weighted by atomic mass is 32.2. The van der Waals surface area contributed by atoms with E-state index in [1.165, 1.54) is 11.8 Å². The molecule has 106 valence electrons. The quantitative estimate of drug-likeness (QED) is 0.601. The van der Waals surface area contributed by atoms with Gasteiger partial charge < -0.3 is 15.3 Å². The van der Waals surface area contributed by atoms with Crippen molar-refractivity contribution >= 4 is 23.6 Å². The molecule has 6 heteroatoms. The summed E-state index contributed by atoms with van der Waals surface area (Å²) in [4.78, 5) is 24.9. The molecule has 0 aromatic rings. The molecule has 18 heavy (non-hydrogen) atoms. The molecule has 5 nitrogen and oxygen atoms in total. The predicted molar refractivity (Wildman–Crippen MR) is 74.6 cm³/mol. The largest absolute Gasteiger partial charge is 0.396 e. The molecule has 2 N–H and O–H groups in total. The molecule has 0 aromatic heterocycles. The molecule has 2 amide bonds. The van der Waals surface area contributed by atoms with Gasteiger partial charge in [0.25, 0.3) is 0 Å². The van der Waals surface area contributed by atoms with E-state index < -0.39 is 0 Å². The summed E-state index contributed by atoms with van der Waals surface area (Å²) in [7, 11) is 0. The summed E-state index contributed by atoms with van der Waals surface area (Å²) < 4.78 is 0. The van der Waals surface area contributed by atoms with E-state index in [0.29, 0.717) is 18.7 Å². The van der Waals surface area contributed by atoms with Crippen LogP contribution in [0, 0.1) is 0 Å². The van der Waals surface area contributed by atoms with Gasteiger partial charge in [0.05, 0.1) is 12.3 Å². The third-order valence-electron chi connectivity index (χ3n) is 2.19. The molecule has 0 spiro atoms. The van der Waals surface area contributed by atoms with Crippen LogP contribution in [0.25, 0.3) is 0 Å². The summed E-state index contributed by atoms with van der Waals surface area (Å²) in [5.41, 5.74) is 0. The first-order chi connectivity index (χ1) is 8.51. The van der Waals surface area contributed by atoms with Gasteiger partial charge in [0.15, 0.2) is 0 Å². The Kier molecular flexibility index (Phi) is 9.77. The van der Waals surface area contributed by atoms with E-state index in [1.807, 2.05) is 20.8 Å². The molecule has 0 saturated heterocycles. The number of amides is 2. The molecule has 0 aliphatic heterocycles. The van der Waals surface area contributed by atoms with E-state index in [4.69, 9.17) is 5.11 Å². The minimum absolute atomic E-state index is 0.0284. The minimum Gasteiger partial charge on any atom is -0.396 e. The van der Waals surface area contributed by atoms with E-state index in [1.54, 1.807) is 4.90 Å². The zero-order valence-corrected chi connectivity index (χ0v) is 12.3. The van der Waals surface area contributed by atoms with Gasteiger partial charge in [-0.25, -0.2) is 0 Å². The van der Waals surface area contributed by atoms with Crippen LogP contribution in [-0.2, 0) is 9.59 Å². The van der Waals surface area contributed by atoms with Crippen molar-refractivity contribution < 1.29 is 14.7 Å². The fourth-order valence-electron chi connectivity index (χ4n) is 1.33. The molecule has 0 unspecified atom stereocenters. The summed E-state index contributed by atoms with van der Waals surface area (Å²) in [5.74, 6) is 0.973. The Balaban J connectivity index is 3.99. The minimum atomic E-state index is -0.124. The number of aliphatic hydroxyl groups excluding tert-OH is 1. The average molecular weight is 276 g/mol. The van der Waals surface area contributed by atoms with Crippen LogP contribution in [0.1, 0.15) is 27.2 Å². The van der Waals surface area contributed by atoms with Gasteiger partial charge in [-0.1, -0.05) is 0 Å². The molecule has 0 atom stereocenters. The predicted octanol–water partition coefficient (Wildman–Crippen LogP) is 0.475. The van der Waals surface area contributed by atoms with Gasteiger partial charge in [0.2, 0.25) is 11.8 Å². The van der Waals surface area contributed by atoms with E-state index in [9.17, 15) is 9.59 Å². The molecule has 0 aromatic carbocycles. The molecule has 0 rings (SSSR count). The highest BCUT2D eigenvalue weighted by molar-refractivity contribution is 7.99. The number of aliphatic hydroxyl groups is 1. The second kappa shape index (κ2) is 10.2. The van der Waals surface area contributed by atoms with Crippen molar-refractivity contribution in [2.75, 3.05) is 31.2 Å². The number of rotatable bonds is 9. The third-order valence-corrected chi connectivity index (χ3v) is 3.22. The maximum atomic E-state index is 11.8. The first kappa shape index (κ1) is 17.2. The van der Waals surface area contributed by atoms with Crippen LogP contribution in [-0.4, -0.2) is 59.1 Å². The Morgan fingerprint density at radius 3 is 2.56 bits per heavy atom. The Labute approximate surface area is 113 Å². The molecule has 0 saturated carbocycles. The van der Waals surface area contributed by atoms with Crippen molar-refractivity contribution in [3.8, 4) is 0 Å². The molecule has 0 bridgehead atoms. The molecule has 0 aliphatic carbocycles. The van der Waals surface area contributed by atoms with E-state index in [2.05, 4.69) is 5.32 Å². The van der Waals surface area contributed by atoms with Crippen molar-refractivity contribution in [2.24, 2.45) is 0 Å². The molecular formula is C12H24N2O3S. The maximum Gasteiger partial charge on any atom is 0.239 e. The lowest BCUT2D eigenvalue weighted by atomic mass is 10.3. The van der Waals surface area contributed by atoms with Crippen LogP contribution in [0.15, 0.2) is 0 Å². The third kappa shape index (κ3) is 8.36. The second-order valence-corrected chi connectivity index (χ2v) is 5.37. The number of carbonyl (C=O) groups excluding carboxylic acids is 2. The lowest BCUT2D eigenvalue weighted by Gasteiger charge is -2.21. The molecular weight excluding hydrogens is 252 g/mol. The highest BCUT2D eigenvalue weighted by Crippen LogP contribution is 2.04. The van der Waals surface area contributed by atoms with Crippen molar-refractivity contribution in [1.82, 2.24) is 10.2 Å². The highest BCUT2D eigenvalue weighted by Gasteiger charge is 2.15. The van der Waals surface area contributed by atoms with E-state index >= 15 is 0 Å².